The lowest BCUT2D eigenvalue weighted by molar-refractivity contribution is 0.0947. The summed E-state index contributed by atoms with van der Waals surface area (Å²) in [6.07, 6.45) is 0. The van der Waals surface area contributed by atoms with E-state index in [4.69, 9.17) is 4.74 Å². The molecule has 2 N–H and O–H groups in total. The molecule has 1 aliphatic heterocycles. The molecule has 2 aromatic rings. The summed E-state index contributed by atoms with van der Waals surface area (Å²) in [5.41, 5.74) is 3.14. The van der Waals surface area contributed by atoms with Crippen molar-refractivity contribution in [2.24, 2.45) is 0 Å². The summed E-state index contributed by atoms with van der Waals surface area (Å²) in [4.78, 5) is 32.5. The summed E-state index contributed by atoms with van der Waals surface area (Å²) in [5.74, 6) is -0.750. The molecule has 2 heterocycles. The highest BCUT2D eigenvalue weighted by molar-refractivity contribution is 7.89. The van der Waals surface area contributed by atoms with Crippen molar-refractivity contribution in [3.8, 4) is 0 Å². The quantitative estimate of drug-likeness (QED) is 0.527. The molecule has 0 bridgehead atoms. The molecule has 1 aliphatic rings. The van der Waals surface area contributed by atoms with Gasteiger partial charge < -0.3 is 9.64 Å². The molecular formula is C17H20N4O5S2. The maximum atomic E-state index is 12.4. The fourth-order valence-corrected chi connectivity index (χ4v) is 4.43. The zero-order valence-corrected chi connectivity index (χ0v) is 17.0. The molecule has 28 heavy (non-hydrogen) atoms. The lowest BCUT2D eigenvalue weighted by Crippen LogP contribution is -2.41. The number of amides is 1. The Morgan fingerprint density at radius 3 is 2.43 bits per heavy atom. The minimum Gasteiger partial charge on any atom is -0.378 e. The van der Waals surface area contributed by atoms with Gasteiger partial charge in [-0.15, -0.1) is 4.83 Å². The number of hydrogen-bond acceptors (Lipinski definition) is 8. The van der Waals surface area contributed by atoms with Crippen LogP contribution in [0.2, 0.25) is 0 Å². The van der Waals surface area contributed by atoms with E-state index in [0.29, 0.717) is 47.6 Å². The lowest BCUT2D eigenvalue weighted by atomic mass is 10.2. The number of benzene rings is 1. The number of carbonyl (C=O) groups is 2. The molecule has 0 spiro atoms. The number of thiazole rings is 1. The molecule has 1 aromatic carbocycles. The molecule has 0 unspecified atom stereocenters. The fourth-order valence-electron chi connectivity index (χ4n) is 2.58. The fraction of sp³-hybridized carbons (Fsp3) is 0.353. The second-order valence-electron chi connectivity index (χ2n) is 6.15. The molecular weight excluding hydrogens is 404 g/mol. The predicted octanol–water partition coefficient (Wildman–Crippen LogP) is 1.11. The molecule has 11 heteroatoms. The summed E-state index contributed by atoms with van der Waals surface area (Å²) in [6.45, 7) is 5.67. The maximum absolute atomic E-state index is 12.4. The standard InChI is InChI=1S/C17H20N4O5S2/c1-11-15(27-17(18-11)21-7-9-26-10-8-21)16(23)19-20-28(24,25)14-5-3-13(4-6-14)12(2)22/h3-6,20H,7-10H2,1-2H3,(H,19,23). The monoisotopic (exact) mass is 424 g/mol. The highest BCUT2D eigenvalue weighted by Gasteiger charge is 2.22. The van der Waals surface area contributed by atoms with Gasteiger partial charge in [0.15, 0.2) is 10.9 Å². The maximum Gasteiger partial charge on any atom is 0.278 e. The Bertz CT molecular complexity index is 979. The molecule has 1 amide bonds. The van der Waals surface area contributed by atoms with Gasteiger partial charge in [-0.25, -0.2) is 13.4 Å². The van der Waals surface area contributed by atoms with Crippen LogP contribution >= 0.6 is 11.3 Å². The molecule has 150 valence electrons. The summed E-state index contributed by atoms with van der Waals surface area (Å²) in [6, 6.07) is 5.45. The van der Waals surface area contributed by atoms with Crippen molar-refractivity contribution in [1.82, 2.24) is 15.2 Å². The van der Waals surface area contributed by atoms with E-state index in [1.807, 2.05) is 4.90 Å². The van der Waals surface area contributed by atoms with E-state index >= 15 is 0 Å². The van der Waals surface area contributed by atoms with Crippen LogP contribution in [-0.2, 0) is 14.8 Å². The van der Waals surface area contributed by atoms with E-state index < -0.39 is 15.9 Å². The Labute approximate surface area is 166 Å². The number of hydrogen-bond donors (Lipinski definition) is 2. The number of sulfonamides is 1. The van der Waals surface area contributed by atoms with Gasteiger partial charge in [0.25, 0.3) is 15.9 Å². The van der Waals surface area contributed by atoms with Crippen LogP contribution in [0.5, 0.6) is 0 Å². The van der Waals surface area contributed by atoms with Crippen LogP contribution < -0.4 is 15.2 Å². The van der Waals surface area contributed by atoms with Gasteiger partial charge in [0, 0.05) is 18.7 Å². The molecule has 0 radical (unpaired) electrons. The van der Waals surface area contributed by atoms with Gasteiger partial charge in [0.05, 0.1) is 23.8 Å². The number of morpholine rings is 1. The van der Waals surface area contributed by atoms with Gasteiger partial charge in [-0.1, -0.05) is 23.5 Å². The normalized spacial score (nSPS) is 14.7. The minimum absolute atomic E-state index is 0.0622. The van der Waals surface area contributed by atoms with Crippen molar-refractivity contribution in [3.05, 3.63) is 40.4 Å². The second kappa shape index (κ2) is 8.35. The summed E-state index contributed by atoms with van der Waals surface area (Å²) in [7, 11) is -3.97. The topological polar surface area (TPSA) is 118 Å². The van der Waals surface area contributed by atoms with Crippen molar-refractivity contribution in [2.75, 3.05) is 31.2 Å². The average molecular weight is 425 g/mol. The smallest absolute Gasteiger partial charge is 0.278 e. The Morgan fingerprint density at radius 1 is 1.18 bits per heavy atom. The summed E-state index contributed by atoms with van der Waals surface area (Å²) in [5, 5.41) is 0.702. The Balaban J connectivity index is 1.67. The number of aryl methyl sites for hydroxylation is 1. The number of Topliss-reactive ketones (excluding diaryl/α,β-unsaturated/α-hetero) is 1. The van der Waals surface area contributed by atoms with Crippen LogP contribution in [0.25, 0.3) is 0 Å². The Kier molecular flexibility index (Phi) is 6.08. The van der Waals surface area contributed by atoms with Gasteiger partial charge in [-0.05, 0) is 26.0 Å². The first-order valence-electron chi connectivity index (χ1n) is 8.51. The third-order valence-electron chi connectivity index (χ3n) is 4.14. The Morgan fingerprint density at radius 2 is 1.82 bits per heavy atom. The number of anilines is 1. The van der Waals surface area contributed by atoms with Crippen molar-refractivity contribution >= 4 is 38.2 Å². The number of hydrazine groups is 1. The molecule has 3 rings (SSSR count). The molecule has 0 saturated carbocycles. The van der Waals surface area contributed by atoms with E-state index in [1.54, 1.807) is 6.92 Å². The predicted molar refractivity (Wildman–Crippen MR) is 104 cm³/mol. The number of ether oxygens (including phenoxy) is 1. The third-order valence-corrected chi connectivity index (χ3v) is 6.62. The van der Waals surface area contributed by atoms with E-state index in [1.165, 1.54) is 42.5 Å². The minimum atomic E-state index is -3.97. The number of ketones is 1. The SMILES string of the molecule is CC(=O)c1ccc(S(=O)(=O)NNC(=O)c2sc(N3CCOCC3)nc2C)cc1. The Hall–Kier alpha value is -2.34. The first-order valence-corrected chi connectivity index (χ1v) is 10.8. The van der Waals surface area contributed by atoms with Gasteiger partial charge >= 0.3 is 0 Å². The average Bonchev–Trinajstić information content (AvgIpc) is 3.09. The van der Waals surface area contributed by atoms with Gasteiger partial charge in [0.1, 0.15) is 4.88 Å². The first kappa shape index (κ1) is 20.4. The van der Waals surface area contributed by atoms with Crippen molar-refractivity contribution in [3.63, 3.8) is 0 Å². The van der Waals surface area contributed by atoms with Crippen LogP contribution in [0.4, 0.5) is 5.13 Å². The molecule has 1 fully saturated rings. The van der Waals surface area contributed by atoms with Gasteiger partial charge in [-0.2, -0.15) is 0 Å². The van der Waals surface area contributed by atoms with Crippen LogP contribution in [0, 0.1) is 6.92 Å². The molecule has 1 saturated heterocycles. The van der Waals surface area contributed by atoms with Gasteiger partial charge in [-0.3, -0.25) is 15.0 Å². The summed E-state index contributed by atoms with van der Waals surface area (Å²) < 4.78 is 30.0. The highest BCUT2D eigenvalue weighted by atomic mass is 32.2. The molecule has 0 aliphatic carbocycles. The molecule has 0 atom stereocenters. The van der Waals surface area contributed by atoms with Crippen LogP contribution in [-0.4, -0.2) is 51.4 Å². The van der Waals surface area contributed by atoms with Gasteiger partial charge in [0.2, 0.25) is 0 Å². The third kappa shape index (κ3) is 4.55. The van der Waals surface area contributed by atoms with Crippen LogP contribution in [0.3, 0.4) is 0 Å². The number of nitrogens with zero attached hydrogens (tertiary/aromatic N) is 2. The number of carbonyl (C=O) groups excluding carboxylic acids is 2. The lowest BCUT2D eigenvalue weighted by Gasteiger charge is -2.25. The highest BCUT2D eigenvalue weighted by Crippen LogP contribution is 2.26. The zero-order chi connectivity index (χ0) is 20.3. The van der Waals surface area contributed by atoms with Crippen molar-refractivity contribution in [2.45, 2.75) is 18.7 Å². The number of aromatic nitrogens is 1. The number of rotatable bonds is 6. The summed E-state index contributed by atoms with van der Waals surface area (Å²) >= 11 is 1.20. The van der Waals surface area contributed by atoms with E-state index in [2.05, 4.69) is 15.2 Å². The van der Waals surface area contributed by atoms with Crippen LogP contribution in [0.1, 0.15) is 32.6 Å². The number of nitrogens with one attached hydrogen (secondary N) is 2. The molecule has 9 nitrogen and oxygen atoms in total. The van der Waals surface area contributed by atoms with Crippen molar-refractivity contribution in [1.29, 1.82) is 0 Å². The van der Waals surface area contributed by atoms with E-state index in [0.717, 1.165) is 0 Å². The van der Waals surface area contributed by atoms with E-state index in [-0.39, 0.29) is 10.7 Å². The molecule has 1 aromatic heterocycles. The van der Waals surface area contributed by atoms with E-state index in [9.17, 15) is 18.0 Å². The first-order chi connectivity index (χ1) is 13.3. The largest absolute Gasteiger partial charge is 0.378 e. The second-order valence-corrected chi connectivity index (χ2v) is 8.81. The zero-order valence-electron chi connectivity index (χ0n) is 15.4. The van der Waals surface area contributed by atoms with Crippen molar-refractivity contribution < 1.29 is 22.7 Å². The van der Waals surface area contributed by atoms with Crippen LogP contribution in [0.15, 0.2) is 29.2 Å².